The Morgan fingerprint density at radius 1 is 1.16 bits per heavy atom. The molecule has 2 aromatic carbocycles. The van der Waals surface area contributed by atoms with Crippen LogP contribution < -0.4 is 5.32 Å². The van der Waals surface area contributed by atoms with Gasteiger partial charge in [-0.15, -0.1) is 0 Å². The molecule has 2 N–H and O–H groups in total. The molecule has 130 valence electrons. The summed E-state index contributed by atoms with van der Waals surface area (Å²) < 4.78 is 5.82. The number of benzene rings is 2. The minimum atomic E-state index is -0.963. The summed E-state index contributed by atoms with van der Waals surface area (Å²) in [6.45, 7) is 0.695. The highest BCUT2D eigenvalue weighted by Gasteiger charge is 2.05. The van der Waals surface area contributed by atoms with Gasteiger partial charge in [-0.2, -0.15) is 0 Å². The van der Waals surface area contributed by atoms with Gasteiger partial charge in [0, 0.05) is 11.0 Å². The van der Waals surface area contributed by atoms with Gasteiger partial charge < -0.3 is 15.2 Å². The summed E-state index contributed by atoms with van der Waals surface area (Å²) in [5, 5.41) is 11.6. The number of carbonyl (C=O) groups is 2. The van der Waals surface area contributed by atoms with Gasteiger partial charge in [-0.1, -0.05) is 64.5 Å². The molecule has 2 rings (SSSR count). The second-order valence-corrected chi connectivity index (χ2v) is 6.08. The summed E-state index contributed by atoms with van der Waals surface area (Å²) in [4.78, 5) is 22.5. The van der Waals surface area contributed by atoms with E-state index in [1.54, 1.807) is 18.2 Å². The molecule has 0 radical (unpaired) electrons. The van der Waals surface area contributed by atoms with Crippen LogP contribution in [-0.2, 0) is 11.3 Å². The van der Waals surface area contributed by atoms with Gasteiger partial charge in [0.1, 0.15) is 6.61 Å². The van der Waals surface area contributed by atoms with Crippen molar-refractivity contribution in [3.63, 3.8) is 0 Å². The Morgan fingerprint density at radius 3 is 2.60 bits per heavy atom. The minimum absolute atomic E-state index is 0.229. The molecular weight excluding hydrogens is 386 g/mol. The zero-order chi connectivity index (χ0) is 18.1. The fourth-order valence-electron chi connectivity index (χ4n) is 2.04. The quantitative estimate of drug-likeness (QED) is 0.668. The molecule has 0 spiro atoms. The van der Waals surface area contributed by atoms with Crippen LogP contribution in [0.15, 0.2) is 59.1 Å². The molecule has 0 fully saturated rings. The number of alkyl carbamates (subject to hydrolysis) is 1. The van der Waals surface area contributed by atoms with E-state index in [9.17, 15) is 9.59 Å². The number of halogens is 1. The van der Waals surface area contributed by atoms with E-state index >= 15 is 0 Å². The first-order chi connectivity index (χ1) is 12.1. The molecule has 5 nitrogen and oxygen atoms in total. The molecule has 0 atom stereocenters. The highest BCUT2D eigenvalue weighted by Crippen LogP contribution is 2.20. The van der Waals surface area contributed by atoms with Crippen LogP contribution in [0.4, 0.5) is 4.79 Å². The standard InChI is InChI=1S/C19H18BrNO4/c20-17-12-16(18(22)23)10-9-15(17)8-4-5-11-21-19(24)25-13-14-6-2-1-3-7-14/h1-4,6-10,12H,5,11,13H2,(H,21,24)(H,22,23). The fourth-order valence-corrected chi connectivity index (χ4v) is 2.55. The summed E-state index contributed by atoms with van der Waals surface area (Å²) in [7, 11) is 0. The smallest absolute Gasteiger partial charge is 0.407 e. The molecule has 2 aromatic rings. The molecule has 1 amide bonds. The predicted molar refractivity (Wildman–Crippen MR) is 99.4 cm³/mol. The van der Waals surface area contributed by atoms with Crippen molar-refractivity contribution in [2.45, 2.75) is 13.0 Å². The number of carbonyl (C=O) groups excluding carboxylic acids is 1. The third-order valence-corrected chi connectivity index (χ3v) is 4.02. The van der Waals surface area contributed by atoms with Crippen LogP contribution in [0.1, 0.15) is 27.9 Å². The van der Waals surface area contributed by atoms with Gasteiger partial charge in [0.25, 0.3) is 0 Å². The van der Waals surface area contributed by atoms with Gasteiger partial charge in [-0.3, -0.25) is 0 Å². The van der Waals surface area contributed by atoms with E-state index in [4.69, 9.17) is 9.84 Å². The van der Waals surface area contributed by atoms with E-state index in [1.807, 2.05) is 42.5 Å². The summed E-state index contributed by atoms with van der Waals surface area (Å²) in [5.41, 5.74) is 2.04. The van der Waals surface area contributed by atoms with Gasteiger partial charge in [0.15, 0.2) is 0 Å². The zero-order valence-electron chi connectivity index (χ0n) is 13.4. The topological polar surface area (TPSA) is 75.6 Å². The number of ether oxygens (including phenoxy) is 1. The fraction of sp³-hybridized carbons (Fsp3) is 0.158. The second kappa shape index (κ2) is 9.64. The minimum Gasteiger partial charge on any atom is -0.478 e. The Morgan fingerprint density at radius 2 is 1.92 bits per heavy atom. The molecule has 0 aliphatic rings. The Kier molecular flexibility index (Phi) is 7.22. The zero-order valence-corrected chi connectivity index (χ0v) is 15.0. The number of amides is 1. The Bertz CT molecular complexity index is 759. The molecule has 6 heteroatoms. The number of hydrogen-bond acceptors (Lipinski definition) is 3. The van der Waals surface area contributed by atoms with Crippen LogP contribution in [0.25, 0.3) is 6.08 Å². The van der Waals surface area contributed by atoms with Crippen molar-refractivity contribution in [2.24, 2.45) is 0 Å². The first-order valence-electron chi connectivity index (χ1n) is 7.70. The van der Waals surface area contributed by atoms with Crippen molar-refractivity contribution in [3.05, 3.63) is 75.8 Å². The van der Waals surface area contributed by atoms with E-state index in [1.165, 1.54) is 0 Å². The number of nitrogens with one attached hydrogen (secondary N) is 1. The lowest BCUT2D eigenvalue weighted by Crippen LogP contribution is -2.24. The van der Waals surface area contributed by atoms with Gasteiger partial charge in [-0.05, 0) is 29.7 Å². The predicted octanol–water partition coefficient (Wildman–Crippen LogP) is 4.48. The normalized spacial score (nSPS) is 10.6. The summed E-state index contributed by atoms with van der Waals surface area (Å²) in [6, 6.07) is 14.3. The van der Waals surface area contributed by atoms with Crippen molar-refractivity contribution >= 4 is 34.1 Å². The molecule has 0 bridgehead atoms. The van der Waals surface area contributed by atoms with Crippen LogP contribution in [0, 0.1) is 0 Å². The van der Waals surface area contributed by atoms with Gasteiger partial charge in [-0.25, -0.2) is 9.59 Å². The first kappa shape index (κ1) is 18.7. The Balaban J connectivity index is 1.71. The lowest BCUT2D eigenvalue weighted by atomic mass is 10.1. The van der Waals surface area contributed by atoms with Crippen molar-refractivity contribution in [1.29, 1.82) is 0 Å². The van der Waals surface area contributed by atoms with E-state index in [2.05, 4.69) is 21.2 Å². The van der Waals surface area contributed by atoms with E-state index in [0.29, 0.717) is 17.4 Å². The number of hydrogen-bond donors (Lipinski definition) is 2. The average Bonchev–Trinajstić information content (AvgIpc) is 2.61. The molecule has 25 heavy (non-hydrogen) atoms. The monoisotopic (exact) mass is 403 g/mol. The molecule has 0 unspecified atom stereocenters. The molecule has 0 heterocycles. The summed E-state index contributed by atoms with van der Waals surface area (Å²) >= 11 is 3.35. The SMILES string of the molecule is O=C(NCCC=Cc1ccc(C(=O)O)cc1Br)OCc1ccccc1. The molecular formula is C19H18BrNO4. The van der Waals surface area contributed by atoms with Gasteiger partial charge in [0.05, 0.1) is 5.56 Å². The van der Waals surface area contributed by atoms with E-state index < -0.39 is 12.1 Å². The lowest BCUT2D eigenvalue weighted by Gasteiger charge is -2.06. The van der Waals surface area contributed by atoms with Crippen molar-refractivity contribution in [3.8, 4) is 0 Å². The summed E-state index contributed by atoms with van der Waals surface area (Å²) in [5.74, 6) is -0.963. The van der Waals surface area contributed by atoms with Gasteiger partial charge >= 0.3 is 12.1 Å². The summed E-state index contributed by atoms with van der Waals surface area (Å²) in [6.07, 6.45) is 3.95. The molecule has 0 saturated heterocycles. The highest BCUT2D eigenvalue weighted by molar-refractivity contribution is 9.10. The molecule has 0 saturated carbocycles. The van der Waals surface area contributed by atoms with Crippen LogP contribution in [0.5, 0.6) is 0 Å². The third kappa shape index (κ3) is 6.43. The Labute approximate surface area is 154 Å². The third-order valence-electron chi connectivity index (χ3n) is 3.34. The first-order valence-corrected chi connectivity index (χ1v) is 8.49. The van der Waals surface area contributed by atoms with Crippen LogP contribution in [0.2, 0.25) is 0 Å². The van der Waals surface area contributed by atoms with Gasteiger partial charge in [0.2, 0.25) is 0 Å². The van der Waals surface area contributed by atoms with E-state index in [0.717, 1.165) is 11.1 Å². The maximum absolute atomic E-state index is 11.6. The van der Waals surface area contributed by atoms with Crippen LogP contribution in [-0.4, -0.2) is 23.7 Å². The highest BCUT2D eigenvalue weighted by atomic mass is 79.9. The number of carboxylic acid groups (broad SMARTS) is 1. The molecule has 0 aromatic heterocycles. The number of rotatable bonds is 7. The van der Waals surface area contributed by atoms with Crippen LogP contribution >= 0.6 is 15.9 Å². The molecule has 0 aliphatic heterocycles. The maximum atomic E-state index is 11.6. The van der Waals surface area contributed by atoms with E-state index in [-0.39, 0.29) is 12.2 Å². The van der Waals surface area contributed by atoms with Crippen molar-refractivity contribution < 1.29 is 19.4 Å². The van der Waals surface area contributed by atoms with Crippen molar-refractivity contribution in [2.75, 3.05) is 6.54 Å². The lowest BCUT2D eigenvalue weighted by molar-refractivity contribution is 0.0696. The largest absolute Gasteiger partial charge is 0.478 e. The second-order valence-electron chi connectivity index (χ2n) is 5.22. The van der Waals surface area contributed by atoms with Crippen molar-refractivity contribution in [1.82, 2.24) is 5.32 Å². The maximum Gasteiger partial charge on any atom is 0.407 e. The van der Waals surface area contributed by atoms with Crippen LogP contribution in [0.3, 0.4) is 0 Å². The average molecular weight is 404 g/mol. The number of carboxylic acids is 1. The number of aromatic carboxylic acids is 1. The Hall–Kier alpha value is -2.60. The molecule has 0 aliphatic carbocycles.